The summed E-state index contributed by atoms with van der Waals surface area (Å²) in [5, 5.41) is 0. The lowest BCUT2D eigenvalue weighted by molar-refractivity contribution is -0.133. The van der Waals surface area contributed by atoms with Crippen LogP contribution in [0.25, 0.3) is 4.91 Å². The van der Waals surface area contributed by atoms with Crippen LogP contribution >= 0.6 is 11.8 Å². The molecule has 0 saturated carbocycles. The molecule has 0 radical (unpaired) electrons. The van der Waals surface area contributed by atoms with Crippen molar-refractivity contribution in [2.75, 3.05) is 12.4 Å². The summed E-state index contributed by atoms with van der Waals surface area (Å²) in [6, 6.07) is 17.4. The number of hydrogen-bond donors (Lipinski definition) is 0. The van der Waals surface area contributed by atoms with Crippen LogP contribution in [-0.4, -0.2) is 18.3 Å². The van der Waals surface area contributed by atoms with E-state index in [1.54, 1.807) is 11.8 Å². The first-order valence-electron chi connectivity index (χ1n) is 8.02. The highest BCUT2D eigenvalue weighted by molar-refractivity contribution is 8.08. The molecule has 0 amide bonds. The predicted octanol–water partition coefficient (Wildman–Crippen LogP) is 4.85. The molecule has 3 rings (SSSR count). The van der Waals surface area contributed by atoms with Crippen molar-refractivity contribution < 1.29 is 14.3 Å². The summed E-state index contributed by atoms with van der Waals surface area (Å²) in [4.78, 5) is 13.4. The average Bonchev–Trinajstić information content (AvgIpc) is 2.63. The fourth-order valence-electron chi connectivity index (χ4n) is 2.45. The molecule has 0 bridgehead atoms. The minimum Gasteiger partial charge on any atom is -0.485 e. The number of thioether (sulfide) groups is 1. The van der Waals surface area contributed by atoms with Crippen molar-refractivity contribution in [1.82, 2.24) is 0 Å². The molecule has 0 aliphatic carbocycles. The first kappa shape index (κ1) is 16.7. The van der Waals surface area contributed by atoms with Gasteiger partial charge in [0.05, 0.1) is 11.5 Å². The molecule has 0 atom stereocenters. The summed E-state index contributed by atoms with van der Waals surface area (Å²) in [6.45, 7) is 4.77. The number of rotatable bonds is 4. The van der Waals surface area contributed by atoms with Gasteiger partial charge in [-0.1, -0.05) is 56.3 Å². The van der Waals surface area contributed by atoms with Crippen molar-refractivity contribution in [1.29, 1.82) is 0 Å². The van der Waals surface area contributed by atoms with E-state index in [-0.39, 0.29) is 0 Å². The van der Waals surface area contributed by atoms with Gasteiger partial charge in [-0.2, -0.15) is 0 Å². The highest BCUT2D eigenvalue weighted by atomic mass is 32.2. The lowest BCUT2D eigenvalue weighted by atomic mass is 10.0. The van der Waals surface area contributed by atoms with Gasteiger partial charge in [-0.25, -0.2) is 4.79 Å². The Morgan fingerprint density at radius 3 is 2.46 bits per heavy atom. The van der Waals surface area contributed by atoms with Gasteiger partial charge >= 0.3 is 5.97 Å². The first-order valence-corrected chi connectivity index (χ1v) is 9.01. The molecular weight excluding hydrogens is 320 g/mol. The molecule has 2 aromatic rings. The van der Waals surface area contributed by atoms with E-state index in [9.17, 15) is 4.79 Å². The van der Waals surface area contributed by atoms with Crippen LogP contribution in [0.4, 0.5) is 0 Å². The van der Waals surface area contributed by atoms with Crippen LogP contribution in [0.15, 0.2) is 60.4 Å². The fourth-order valence-corrected chi connectivity index (χ4v) is 3.40. The van der Waals surface area contributed by atoms with Gasteiger partial charge in [-0.3, -0.25) is 0 Å². The maximum Gasteiger partial charge on any atom is 0.380 e. The van der Waals surface area contributed by atoms with E-state index in [1.165, 1.54) is 5.56 Å². The minimum absolute atomic E-state index is 0.297. The molecule has 24 heavy (non-hydrogen) atoms. The predicted molar refractivity (Wildman–Crippen MR) is 97.9 cm³/mol. The molecule has 2 aromatic carbocycles. The second-order valence-electron chi connectivity index (χ2n) is 5.83. The van der Waals surface area contributed by atoms with Gasteiger partial charge in [0.25, 0.3) is 0 Å². The number of carbonyl (C=O) groups is 1. The van der Waals surface area contributed by atoms with Crippen molar-refractivity contribution in [3.8, 4) is 5.75 Å². The zero-order chi connectivity index (χ0) is 16.9. The van der Waals surface area contributed by atoms with Gasteiger partial charge in [-0.15, -0.1) is 11.8 Å². The molecule has 0 fully saturated rings. The third-order valence-corrected chi connectivity index (χ3v) is 4.84. The van der Waals surface area contributed by atoms with Crippen molar-refractivity contribution in [3.05, 3.63) is 71.5 Å². The van der Waals surface area contributed by atoms with Gasteiger partial charge in [0.15, 0.2) is 0 Å². The van der Waals surface area contributed by atoms with Crippen molar-refractivity contribution in [3.63, 3.8) is 0 Å². The molecule has 1 aliphatic heterocycles. The third-order valence-electron chi connectivity index (χ3n) is 3.76. The van der Waals surface area contributed by atoms with Crippen molar-refractivity contribution >= 4 is 22.6 Å². The molecule has 1 heterocycles. The highest BCUT2D eigenvalue weighted by Gasteiger charge is 2.24. The standard InChI is InChI=1S/C20H20O3S/c1-14(2)15-8-10-17(11-9-15)23-20(21)18-19(24-13-12-22-18)16-6-4-3-5-7-16/h3-11,14H,12-13H2,1-2H3. The molecule has 0 aromatic heterocycles. The molecule has 3 nitrogen and oxygen atoms in total. The summed E-state index contributed by atoms with van der Waals surface area (Å²) >= 11 is 1.62. The van der Waals surface area contributed by atoms with E-state index in [1.807, 2.05) is 54.6 Å². The van der Waals surface area contributed by atoms with E-state index < -0.39 is 5.97 Å². The monoisotopic (exact) mass is 340 g/mol. The zero-order valence-corrected chi connectivity index (χ0v) is 14.6. The Morgan fingerprint density at radius 2 is 1.79 bits per heavy atom. The van der Waals surface area contributed by atoms with Crippen LogP contribution in [-0.2, 0) is 9.53 Å². The Kier molecular flexibility index (Phi) is 5.26. The Balaban J connectivity index is 1.83. The van der Waals surface area contributed by atoms with Gasteiger partial charge in [0, 0.05) is 5.75 Å². The Morgan fingerprint density at radius 1 is 1.08 bits per heavy atom. The van der Waals surface area contributed by atoms with Crippen LogP contribution in [0.3, 0.4) is 0 Å². The maximum absolute atomic E-state index is 12.6. The van der Waals surface area contributed by atoms with Crippen LogP contribution in [0, 0.1) is 0 Å². The maximum atomic E-state index is 12.6. The number of benzene rings is 2. The van der Waals surface area contributed by atoms with Gasteiger partial charge < -0.3 is 9.47 Å². The summed E-state index contributed by atoms with van der Waals surface area (Å²) in [5.41, 5.74) is 2.19. The van der Waals surface area contributed by atoms with E-state index in [0.29, 0.717) is 24.0 Å². The topological polar surface area (TPSA) is 35.5 Å². The van der Waals surface area contributed by atoms with Crippen LogP contribution < -0.4 is 4.74 Å². The van der Waals surface area contributed by atoms with Crippen LogP contribution in [0.2, 0.25) is 0 Å². The Labute approximate surface area is 146 Å². The van der Waals surface area contributed by atoms with E-state index in [4.69, 9.17) is 9.47 Å². The minimum atomic E-state index is -0.446. The largest absolute Gasteiger partial charge is 0.485 e. The van der Waals surface area contributed by atoms with Gasteiger partial charge in [-0.05, 0) is 29.2 Å². The van der Waals surface area contributed by atoms with Gasteiger partial charge in [0.2, 0.25) is 5.76 Å². The number of carbonyl (C=O) groups excluding carboxylic acids is 1. The number of hydrogen-bond acceptors (Lipinski definition) is 4. The third kappa shape index (κ3) is 3.82. The van der Waals surface area contributed by atoms with E-state index in [2.05, 4.69) is 13.8 Å². The lowest BCUT2D eigenvalue weighted by Crippen LogP contribution is -2.19. The molecule has 0 saturated heterocycles. The summed E-state index contributed by atoms with van der Waals surface area (Å²) in [6.07, 6.45) is 0. The van der Waals surface area contributed by atoms with Crippen LogP contribution in [0.1, 0.15) is 30.9 Å². The summed E-state index contributed by atoms with van der Waals surface area (Å²) < 4.78 is 11.1. The SMILES string of the molecule is CC(C)c1ccc(OC(=O)C2=C(c3ccccc3)SCCO2)cc1. The fraction of sp³-hybridized carbons (Fsp3) is 0.250. The summed E-state index contributed by atoms with van der Waals surface area (Å²) in [5.74, 6) is 1.65. The molecule has 0 spiro atoms. The first-order chi connectivity index (χ1) is 11.6. The highest BCUT2D eigenvalue weighted by Crippen LogP contribution is 2.35. The second kappa shape index (κ2) is 7.58. The van der Waals surface area contributed by atoms with Crippen molar-refractivity contribution in [2.45, 2.75) is 19.8 Å². The Bertz CT molecular complexity index is 733. The lowest BCUT2D eigenvalue weighted by Gasteiger charge is -2.20. The Hall–Kier alpha value is -2.20. The molecule has 0 N–H and O–H groups in total. The number of esters is 1. The zero-order valence-electron chi connectivity index (χ0n) is 13.8. The molecule has 124 valence electrons. The van der Waals surface area contributed by atoms with Crippen LogP contribution in [0.5, 0.6) is 5.75 Å². The van der Waals surface area contributed by atoms with E-state index >= 15 is 0 Å². The number of ether oxygens (including phenoxy) is 2. The molecular formula is C20H20O3S. The smallest absolute Gasteiger partial charge is 0.380 e. The van der Waals surface area contributed by atoms with E-state index in [0.717, 1.165) is 16.2 Å². The normalized spacial score (nSPS) is 14.5. The quantitative estimate of drug-likeness (QED) is 0.589. The second-order valence-corrected chi connectivity index (χ2v) is 6.94. The molecule has 4 heteroatoms. The summed E-state index contributed by atoms with van der Waals surface area (Å²) in [7, 11) is 0. The molecule has 1 aliphatic rings. The van der Waals surface area contributed by atoms with Gasteiger partial charge in [0.1, 0.15) is 5.75 Å². The van der Waals surface area contributed by atoms with Crippen molar-refractivity contribution in [2.24, 2.45) is 0 Å². The molecule has 0 unspecified atom stereocenters. The average molecular weight is 340 g/mol.